The summed E-state index contributed by atoms with van der Waals surface area (Å²) in [6, 6.07) is 9.40. The van der Waals surface area contributed by atoms with Crippen LogP contribution in [0.5, 0.6) is 0 Å². The van der Waals surface area contributed by atoms with Gasteiger partial charge in [-0.25, -0.2) is 8.78 Å². The highest BCUT2D eigenvalue weighted by molar-refractivity contribution is 5.80. The minimum absolute atomic E-state index is 0.349. The van der Waals surface area contributed by atoms with Crippen LogP contribution in [0.25, 0.3) is 11.1 Å². The van der Waals surface area contributed by atoms with E-state index in [1.165, 1.54) is 12.1 Å². The van der Waals surface area contributed by atoms with Crippen LogP contribution in [0.1, 0.15) is 26.3 Å². The average molecular weight is 339 g/mol. The van der Waals surface area contributed by atoms with Gasteiger partial charge in [0.2, 0.25) is 0 Å². The van der Waals surface area contributed by atoms with E-state index in [1.807, 2.05) is 32.9 Å². The highest BCUT2D eigenvalue weighted by Crippen LogP contribution is 2.33. The summed E-state index contributed by atoms with van der Waals surface area (Å²) in [5.41, 5.74) is 4.70. The first kappa shape index (κ1) is 18.7. The van der Waals surface area contributed by atoms with Crippen LogP contribution in [-0.2, 0) is 0 Å². The molecule has 2 aromatic rings. The lowest BCUT2D eigenvalue weighted by Gasteiger charge is -2.17. The molecule has 0 aromatic heterocycles. The summed E-state index contributed by atoms with van der Waals surface area (Å²) in [7, 11) is 0. The van der Waals surface area contributed by atoms with Crippen molar-refractivity contribution < 1.29 is 8.78 Å². The third-order valence-electron chi connectivity index (χ3n) is 3.95. The Morgan fingerprint density at radius 3 is 2.44 bits per heavy atom. The van der Waals surface area contributed by atoms with Crippen molar-refractivity contribution in [3.05, 3.63) is 89.2 Å². The summed E-state index contributed by atoms with van der Waals surface area (Å²) in [5, 5.41) is 3.21. The predicted molar refractivity (Wildman–Crippen MR) is 102 cm³/mol. The Kier molecular flexibility index (Phi) is 5.92. The molecule has 0 amide bonds. The van der Waals surface area contributed by atoms with E-state index in [2.05, 4.69) is 11.9 Å². The summed E-state index contributed by atoms with van der Waals surface area (Å²) in [6.07, 6.45) is 3.89. The number of allylic oxidation sites excluding steroid dienone is 3. The largest absolute Gasteiger partial charge is 0.355 e. The van der Waals surface area contributed by atoms with Gasteiger partial charge in [0.05, 0.1) is 0 Å². The molecule has 1 nitrogen and oxygen atoms in total. The van der Waals surface area contributed by atoms with Crippen molar-refractivity contribution in [3.8, 4) is 11.1 Å². The van der Waals surface area contributed by atoms with E-state index in [4.69, 9.17) is 0 Å². The third kappa shape index (κ3) is 4.24. The fourth-order valence-corrected chi connectivity index (χ4v) is 2.67. The smallest absolute Gasteiger partial charge is 0.134 e. The Labute approximate surface area is 148 Å². The lowest BCUT2D eigenvalue weighted by molar-refractivity contribution is 0.619. The van der Waals surface area contributed by atoms with Crippen molar-refractivity contribution in [2.75, 3.05) is 5.32 Å². The predicted octanol–water partition coefficient (Wildman–Crippen LogP) is 6.78. The molecule has 25 heavy (non-hydrogen) atoms. The minimum Gasteiger partial charge on any atom is -0.355 e. The molecule has 0 aliphatic rings. The van der Waals surface area contributed by atoms with Crippen LogP contribution >= 0.6 is 0 Å². The van der Waals surface area contributed by atoms with E-state index in [1.54, 1.807) is 31.2 Å². The molecule has 0 fully saturated rings. The number of benzene rings is 2. The number of anilines is 1. The Bertz CT molecular complexity index is 856. The van der Waals surface area contributed by atoms with Crippen LogP contribution < -0.4 is 5.32 Å². The number of nitrogens with one attached hydrogen (secondary N) is 1. The molecule has 0 aliphatic carbocycles. The zero-order valence-electron chi connectivity index (χ0n) is 15.1. The van der Waals surface area contributed by atoms with Crippen molar-refractivity contribution >= 4 is 5.69 Å². The quantitative estimate of drug-likeness (QED) is 0.592. The van der Waals surface area contributed by atoms with Crippen molar-refractivity contribution in [2.45, 2.75) is 27.7 Å². The molecule has 0 atom stereocenters. The number of halogens is 2. The lowest BCUT2D eigenvalue weighted by atomic mass is 9.99. The van der Waals surface area contributed by atoms with Gasteiger partial charge in [0.1, 0.15) is 11.6 Å². The standard InChI is InChI=1S/C22H23F2N/c1-6-8-18(14(2)3)16(5)25-21-12-11-17(23)13-20(21)19-10-7-9-15(4)22(19)24/h6-13,25H,5H2,1-4H3/b8-6-. The molecule has 0 saturated carbocycles. The van der Waals surface area contributed by atoms with Crippen molar-refractivity contribution in [1.29, 1.82) is 0 Å². The summed E-state index contributed by atoms with van der Waals surface area (Å²) < 4.78 is 28.4. The van der Waals surface area contributed by atoms with Gasteiger partial charge < -0.3 is 5.32 Å². The molecule has 1 N–H and O–H groups in total. The zero-order chi connectivity index (χ0) is 18.6. The summed E-state index contributed by atoms with van der Waals surface area (Å²) in [6.45, 7) is 11.7. The van der Waals surface area contributed by atoms with E-state index < -0.39 is 5.82 Å². The molecule has 2 rings (SSSR count). The summed E-state index contributed by atoms with van der Waals surface area (Å²) >= 11 is 0. The number of hydrogen-bond acceptors (Lipinski definition) is 1. The van der Waals surface area contributed by atoms with Gasteiger partial charge in [0.25, 0.3) is 0 Å². The van der Waals surface area contributed by atoms with Gasteiger partial charge in [-0.2, -0.15) is 0 Å². The molecular formula is C22H23F2N. The molecule has 2 aromatic carbocycles. The fourth-order valence-electron chi connectivity index (χ4n) is 2.67. The van der Waals surface area contributed by atoms with Gasteiger partial charge in [0.15, 0.2) is 0 Å². The van der Waals surface area contributed by atoms with E-state index in [0.717, 1.165) is 11.1 Å². The van der Waals surface area contributed by atoms with Gasteiger partial charge in [0, 0.05) is 22.5 Å². The molecule has 130 valence electrons. The molecule has 0 saturated heterocycles. The maximum absolute atomic E-state index is 14.6. The minimum atomic E-state index is -0.414. The zero-order valence-corrected chi connectivity index (χ0v) is 15.1. The van der Waals surface area contributed by atoms with Crippen molar-refractivity contribution in [3.63, 3.8) is 0 Å². The van der Waals surface area contributed by atoms with Crippen LogP contribution in [0.15, 0.2) is 72.0 Å². The van der Waals surface area contributed by atoms with Crippen LogP contribution in [0.3, 0.4) is 0 Å². The summed E-state index contributed by atoms with van der Waals surface area (Å²) in [5.74, 6) is -0.763. The SMILES string of the molecule is C=C(Nc1ccc(F)cc1-c1cccc(C)c1F)C(/C=C\C)=C(C)C. The van der Waals surface area contributed by atoms with Gasteiger partial charge in [-0.05, 0) is 57.0 Å². The van der Waals surface area contributed by atoms with Gasteiger partial charge in [-0.15, -0.1) is 0 Å². The van der Waals surface area contributed by atoms with Crippen LogP contribution in [0.4, 0.5) is 14.5 Å². The average Bonchev–Trinajstić information content (AvgIpc) is 2.56. The van der Waals surface area contributed by atoms with Crippen molar-refractivity contribution in [2.24, 2.45) is 0 Å². The highest BCUT2D eigenvalue weighted by Gasteiger charge is 2.14. The molecule has 0 unspecified atom stereocenters. The second kappa shape index (κ2) is 7.93. The topological polar surface area (TPSA) is 12.0 Å². The molecule has 3 heteroatoms. The molecular weight excluding hydrogens is 316 g/mol. The molecule has 0 radical (unpaired) electrons. The highest BCUT2D eigenvalue weighted by atomic mass is 19.1. The van der Waals surface area contributed by atoms with Crippen LogP contribution in [0.2, 0.25) is 0 Å². The molecule has 0 heterocycles. The van der Waals surface area contributed by atoms with E-state index in [9.17, 15) is 8.78 Å². The first-order valence-electron chi connectivity index (χ1n) is 8.16. The Morgan fingerprint density at radius 2 is 1.80 bits per heavy atom. The number of hydrogen-bond donors (Lipinski definition) is 1. The maximum atomic E-state index is 14.6. The fraction of sp³-hybridized carbons (Fsp3) is 0.182. The molecule has 0 spiro atoms. The van der Waals surface area contributed by atoms with E-state index >= 15 is 0 Å². The van der Waals surface area contributed by atoms with Gasteiger partial charge >= 0.3 is 0 Å². The van der Waals surface area contributed by atoms with Crippen LogP contribution in [-0.4, -0.2) is 0 Å². The van der Waals surface area contributed by atoms with Crippen LogP contribution in [0, 0.1) is 18.6 Å². The van der Waals surface area contributed by atoms with E-state index in [-0.39, 0.29) is 5.82 Å². The number of rotatable bonds is 5. The second-order valence-corrected chi connectivity index (χ2v) is 6.14. The maximum Gasteiger partial charge on any atom is 0.134 e. The second-order valence-electron chi connectivity index (χ2n) is 6.14. The third-order valence-corrected chi connectivity index (χ3v) is 3.95. The normalized spacial score (nSPS) is 10.8. The first-order valence-corrected chi connectivity index (χ1v) is 8.16. The Hall–Kier alpha value is -2.68. The Balaban J connectivity index is 2.52. The monoisotopic (exact) mass is 339 g/mol. The molecule has 0 bridgehead atoms. The Morgan fingerprint density at radius 1 is 1.08 bits per heavy atom. The molecule has 0 aliphatic heterocycles. The first-order chi connectivity index (χ1) is 11.8. The summed E-state index contributed by atoms with van der Waals surface area (Å²) in [4.78, 5) is 0. The van der Waals surface area contributed by atoms with Gasteiger partial charge in [-0.1, -0.05) is 42.5 Å². The van der Waals surface area contributed by atoms with Gasteiger partial charge in [-0.3, -0.25) is 0 Å². The van der Waals surface area contributed by atoms with E-state index in [0.29, 0.717) is 28.1 Å². The van der Waals surface area contributed by atoms with Crippen molar-refractivity contribution in [1.82, 2.24) is 0 Å². The lowest BCUT2D eigenvalue weighted by Crippen LogP contribution is -2.04. The number of aryl methyl sites for hydroxylation is 1.